The highest BCUT2D eigenvalue weighted by atomic mass is 79.9. The molecular weight excluding hydrogens is 328 g/mol. The van der Waals surface area contributed by atoms with E-state index in [1.165, 1.54) is 0 Å². The summed E-state index contributed by atoms with van der Waals surface area (Å²) in [5, 5.41) is 0. The second-order valence-corrected chi connectivity index (χ2v) is 5.64. The van der Waals surface area contributed by atoms with Crippen molar-refractivity contribution >= 4 is 21.6 Å². The molecule has 0 radical (unpaired) electrons. The zero-order valence-corrected chi connectivity index (χ0v) is 12.6. The highest BCUT2D eigenvalue weighted by molar-refractivity contribution is 9.10. The lowest BCUT2D eigenvalue weighted by molar-refractivity contribution is 1.06. The molecule has 3 aromatic heterocycles. The summed E-state index contributed by atoms with van der Waals surface area (Å²) in [6.45, 7) is 0. The van der Waals surface area contributed by atoms with Crippen LogP contribution < -0.4 is 0 Å². The number of para-hydroxylation sites is 1. The summed E-state index contributed by atoms with van der Waals surface area (Å²) in [7, 11) is 0. The minimum Gasteiger partial charge on any atom is -0.306 e. The van der Waals surface area contributed by atoms with Crippen LogP contribution in [0.2, 0.25) is 0 Å². The number of imidazole rings is 2. The third kappa shape index (κ3) is 2.15. The fraction of sp³-hybridized carbons (Fsp3) is 0. The minimum atomic E-state index is 0.925. The molecule has 0 aliphatic heterocycles. The number of benzene rings is 1. The van der Waals surface area contributed by atoms with Crippen molar-refractivity contribution in [1.29, 1.82) is 0 Å². The Morgan fingerprint density at radius 1 is 1.00 bits per heavy atom. The molecule has 5 heteroatoms. The van der Waals surface area contributed by atoms with Gasteiger partial charge in [0.05, 0.1) is 17.7 Å². The molecule has 0 unspecified atom stereocenters. The molecule has 4 rings (SSSR count). The van der Waals surface area contributed by atoms with Gasteiger partial charge in [0.15, 0.2) is 0 Å². The Bertz CT molecular complexity index is 909. The number of hydrogen-bond donors (Lipinski definition) is 0. The lowest BCUT2D eigenvalue weighted by atomic mass is 10.1. The third-order valence-electron chi connectivity index (χ3n) is 3.38. The molecule has 0 amide bonds. The monoisotopic (exact) mass is 338 g/mol. The molecule has 1 aromatic carbocycles. The van der Waals surface area contributed by atoms with Gasteiger partial charge in [-0.2, -0.15) is 0 Å². The number of halogens is 1. The van der Waals surface area contributed by atoms with Gasteiger partial charge >= 0.3 is 0 Å². The molecule has 0 atom stereocenters. The summed E-state index contributed by atoms with van der Waals surface area (Å²) in [6.07, 6.45) is 9.55. The maximum Gasteiger partial charge on any atom is 0.137 e. The topological polar surface area (TPSA) is 35.1 Å². The number of nitrogens with zero attached hydrogens (tertiary/aromatic N) is 4. The summed E-state index contributed by atoms with van der Waals surface area (Å²) in [4.78, 5) is 8.82. The van der Waals surface area contributed by atoms with Gasteiger partial charge in [-0.15, -0.1) is 0 Å². The highest BCUT2D eigenvalue weighted by Gasteiger charge is 2.10. The molecule has 21 heavy (non-hydrogen) atoms. The van der Waals surface area contributed by atoms with Crippen molar-refractivity contribution in [2.45, 2.75) is 0 Å². The smallest absolute Gasteiger partial charge is 0.137 e. The Morgan fingerprint density at radius 2 is 1.90 bits per heavy atom. The van der Waals surface area contributed by atoms with Crippen molar-refractivity contribution in [1.82, 2.24) is 18.9 Å². The van der Waals surface area contributed by atoms with Crippen LogP contribution in [0, 0.1) is 0 Å². The molecule has 102 valence electrons. The number of pyridine rings is 1. The van der Waals surface area contributed by atoms with Gasteiger partial charge in [0.25, 0.3) is 0 Å². The third-order valence-corrected chi connectivity index (χ3v) is 3.85. The summed E-state index contributed by atoms with van der Waals surface area (Å²) < 4.78 is 5.04. The van der Waals surface area contributed by atoms with Crippen LogP contribution in [-0.4, -0.2) is 18.9 Å². The highest BCUT2D eigenvalue weighted by Crippen LogP contribution is 2.26. The van der Waals surface area contributed by atoms with E-state index in [1.807, 2.05) is 51.8 Å². The van der Waals surface area contributed by atoms with Gasteiger partial charge in [0.2, 0.25) is 0 Å². The summed E-state index contributed by atoms with van der Waals surface area (Å²) in [5.41, 5.74) is 4.01. The first-order valence-corrected chi connectivity index (χ1v) is 7.32. The fourth-order valence-corrected chi connectivity index (χ4v) is 2.76. The zero-order valence-electron chi connectivity index (χ0n) is 11.0. The van der Waals surface area contributed by atoms with E-state index in [9.17, 15) is 0 Å². The van der Waals surface area contributed by atoms with Gasteiger partial charge in [-0.1, -0.05) is 18.2 Å². The molecule has 3 heterocycles. The van der Waals surface area contributed by atoms with Crippen LogP contribution in [0.5, 0.6) is 0 Å². The van der Waals surface area contributed by atoms with Gasteiger partial charge in [0.1, 0.15) is 5.65 Å². The molecule has 0 saturated heterocycles. The van der Waals surface area contributed by atoms with Gasteiger partial charge in [0, 0.05) is 34.8 Å². The van der Waals surface area contributed by atoms with Gasteiger partial charge in [-0.25, -0.2) is 9.97 Å². The lowest BCUT2D eigenvalue weighted by Gasteiger charge is -2.07. The van der Waals surface area contributed by atoms with Crippen molar-refractivity contribution in [3.05, 3.63) is 72.0 Å². The Balaban J connectivity index is 1.93. The Hall–Kier alpha value is -2.40. The average molecular weight is 339 g/mol. The lowest BCUT2D eigenvalue weighted by Crippen LogP contribution is -1.93. The molecule has 0 aliphatic rings. The predicted molar refractivity (Wildman–Crippen MR) is 85.5 cm³/mol. The second-order valence-electron chi connectivity index (χ2n) is 4.73. The van der Waals surface area contributed by atoms with Crippen LogP contribution >= 0.6 is 15.9 Å². The molecule has 0 spiro atoms. The molecule has 0 fully saturated rings. The first kappa shape index (κ1) is 12.3. The van der Waals surface area contributed by atoms with E-state index in [4.69, 9.17) is 4.98 Å². The van der Waals surface area contributed by atoms with Crippen LogP contribution in [0.25, 0.3) is 22.6 Å². The van der Waals surface area contributed by atoms with E-state index < -0.39 is 0 Å². The summed E-state index contributed by atoms with van der Waals surface area (Å²) >= 11 is 3.48. The Labute approximate surface area is 129 Å². The largest absolute Gasteiger partial charge is 0.306 e. The SMILES string of the molecule is Brc1ccc2nc(-c3ccccc3-n3ccnc3)cn2c1. The summed E-state index contributed by atoms with van der Waals surface area (Å²) in [6, 6.07) is 12.2. The average Bonchev–Trinajstić information content (AvgIpc) is 3.16. The predicted octanol–water partition coefficient (Wildman–Crippen LogP) is 3.95. The number of rotatable bonds is 2. The van der Waals surface area contributed by atoms with Gasteiger partial charge < -0.3 is 8.97 Å². The van der Waals surface area contributed by atoms with Crippen LogP contribution in [0.1, 0.15) is 0 Å². The van der Waals surface area contributed by atoms with E-state index in [-0.39, 0.29) is 0 Å². The zero-order chi connectivity index (χ0) is 14.2. The first-order chi connectivity index (χ1) is 10.3. The Morgan fingerprint density at radius 3 is 2.76 bits per heavy atom. The molecular formula is C16H11BrN4. The fourth-order valence-electron chi connectivity index (χ4n) is 2.41. The van der Waals surface area contributed by atoms with E-state index >= 15 is 0 Å². The Kier molecular flexibility index (Phi) is 2.86. The van der Waals surface area contributed by atoms with E-state index in [2.05, 4.69) is 33.0 Å². The number of hydrogen-bond acceptors (Lipinski definition) is 2. The number of fused-ring (bicyclic) bond motifs is 1. The van der Waals surface area contributed by atoms with Crippen LogP contribution in [0.3, 0.4) is 0 Å². The van der Waals surface area contributed by atoms with E-state index in [0.717, 1.165) is 27.1 Å². The van der Waals surface area contributed by atoms with E-state index in [1.54, 1.807) is 12.5 Å². The van der Waals surface area contributed by atoms with Gasteiger partial charge in [-0.05, 0) is 34.1 Å². The van der Waals surface area contributed by atoms with Gasteiger partial charge in [-0.3, -0.25) is 0 Å². The van der Waals surface area contributed by atoms with Crippen LogP contribution in [0.15, 0.2) is 72.0 Å². The normalized spacial score (nSPS) is 11.1. The maximum atomic E-state index is 4.70. The standard InChI is InChI=1S/C16H11BrN4/c17-12-5-6-16-19-14(10-21(16)9-12)13-3-1-2-4-15(13)20-8-7-18-11-20/h1-11H. The van der Waals surface area contributed by atoms with Crippen molar-refractivity contribution in [3.8, 4) is 16.9 Å². The molecule has 0 N–H and O–H groups in total. The molecule has 4 aromatic rings. The number of aromatic nitrogens is 4. The second kappa shape index (κ2) is 4.86. The molecule has 0 saturated carbocycles. The molecule has 0 aliphatic carbocycles. The minimum absolute atomic E-state index is 0.925. The quantitative estimate of drug-likeness (QED) is 0.554. The van der Waals surface area contributed by atoms with Crippen molar-refractivity contribution in [3.63, 3.8) is 0 Å². The van der Waals surface area contributed by atoms with Crippen LogP contribution in [-0.2, 0) is 0 Å². The molecule has 0 bridgehead atoms. The van der Waals surface area contributed by atoms with Crippen LogP contribution in [0.4, 0.5) is 0 Å². The van der Waals surface area contributed by atoms with Crippen molar-refractivity contribution in [2.24, 2.45) is 0 Å². The first-order valence-electron chi connectivity index (χ1n) is 6.53. The maximum absolute atomic E-state index is 4.70. The van der Waals surface area contributed by atoms with E-state index in [0.29, 0.717) is 0 Å². The van der Waals surface area contributed by atoms with Crippen molar-refractivity contribution in [2.75, 3.05) is 0 Å². The molecule has 4 nitrogen and oxygen atoms in total. The van der Waals surface area contributed by atoms with Crippen molar-refractivity contribution < 1.29 is 0 Å². The summed E-state index contributed by atoms with van der Waals surface area (Å²) in [5.74, 6) is 0.